The monoisotopic (exact) mass is 324 g/mol. The topological polar surface area (TPSA) is 90.5 Å². The normalized spacial score (nSPS) is 18.0. The predicted octanol–water partition coefficient (Wildman–Crippen LogP) is 2.03. The molecule has 0 aliphatic carbocycles. The molecule has 2 heterocycles. The van der Waals surface area contributed by atoms with Crippen LogP contribution in [-0.4, -0.2) is 38.8 Å². The van der Waals surface area contributed by atoms with Gasteiger partial charge in [0.2, 0.25) is 0 Å². The summed E-state index contributed by atoms with van der Waals surface area (Å²) in [5.41, 5.74) is 1.80. The van der Waals surface area contributed by atoms with Crippen LogP contribution in [0.2, 0.25) is 0 Å². The Balaban J connectivity index is 2.00. The average molecular weight is 324 g/mol. The minimum atomic E-state index is -1.28. The van der Waals surface area contributed by atoms with Gasteiger partial charge in [0.15, 0.2) is 0 Å². The molecule has 3 rings (SSSR count). The minimum Gasteiger partial charge on any atom is -0.480 e. The van der Waals surface area contributed by atoms with Gasteiger partial charge >= 0.3 is 5.97 Å². The molecule has 0 saturated carbocycles. The molecule has 0 bridgehead atoms. The summed E-state index contributed by atoms with van der Waals surface area (Å²) in [5.74, 6) is -2.49. The number of nitrogens with one attached hydrogen (secondary N) is 1. The Labute approximate surface area is 138 Å². The molecule has 1 aliphatic heterocycles. The van der Waals surface area contributed by atoms with Crippen molar-refractivity contribution < 1.29 is 19.5 Å². The first kappa shape index (κ1) is 15.7. The molecular formula is C18H16N2O4. The predicted molar refractivity (Wildman–Crippen MR) is 88.2 cm³/mol. The van der Waals surface area contributed by atoms with Crippen molar-refractivity contribution >= 4 is 28.7 Å². The number of amides is 2. The van der Waals surface area contributed by atoms with Gasteiger partial charge in [-0.3, -0.25) is 14.5 Å². The zero-order valence-electron chi connectivity index (χ0n) is 13.1. The molecule has 1 atom stereocenters. The van der Waals surface area contributed by atoms with Crippen LogP contribution >= 0.6 is 0 Å². The molecule has 122 valence electrons. The van der Waals surface area contributed by atoms with Gasteiger partial charge in [0.25, 0.3) is 11.8 Å². The van der Waals surface area contributed by atoms with Crippen molar-refractivity contribution in [3.63, 3.8) is 0 Å². The SMILES string of the molecule is C=C1C(=O)N([C@@H](Cc2c[nH]c3ccccc23)C(=O)O)C(=O)/C1=C/C. The van der Waals surface area contributed by atoms with E-state index < -0.39 is 23.8 Å². The van der Waals surface area contributed by atoms with E-state index in [0.29, 0.717) is 0 Å². The molecule has 1 saturated heterocycles. The molecule has 0 spiro atoms. The number of H-pyrrole nitrogens is 1. The number of aromatic amines is 1. The number of carboxylic acid groups (broad SMARTS) is 1. The molecule has 24 heavy (non-hydrogen) atoms. The maximum Gasteiger partial charge on any atom is 0.327 e. The Morgan fingerprint density at radius 3 is 2.67 bits per heavy atom. The molecule has 6 heteroatoms. The Bertz CT molecular complexity index is 907. The third-order valence-electron chi connectivity index (χ3n) is 4.22. The number of likely N-dealkylation sites (tertiary alicyclic amines) is 1. The number of hydrogen-bond donors (Lipinski definition) is 2. The first-order valence-corrected chi connectivity index (χ1v) is 7.47. The molecule has 1 fully saturated rings. The highest BCUT2D eigenvalue weighted by atomic mass is 16.4. The van der Waals surface area contributed by atoms with Crippen LogP contribution in [0.1, 0.15) is 12.5 Å². The Morgan fingerprint density at radius 1 is 1.33 bits per heavy atom. The van der Waals surface area contributed by atoms with Gasteiger partial charge in [-0.05, 0) is 18.6 Å². The molecule has 2 amide bonds. The first-order valence-electron chi connectivity index (χ1n) is 7.47. The van der Waals surface area contributed by atoms with Crippen LogP contribution < -0.4 is 0 Å². The third-order valence-corrected chi connectivity index (χ3v) is 4.22. The Morgan fingerprint density at radius 2 is 2.04 bits per heavy atom. The van der Waals surface area contributed by atoms with Gasteiger partial charge in [-0.15, -0.1) is 0 Å². The second kappa shape index (κ2) is 5.81. The van der Waals surface area contributed by atoms with E-state index in [4.69, 9.17) is 0 Å². The molecular weight excluding hydrogens is 308 g/mol. The second-order valence-electron chi connectivity index (χ2n) is 5.58. The van der Waals surface area contributed by atoms with Gasteiger partial charge in [-0.25, -0.2) is 4.79 Å². The van der Waals surface area contributed by atoms with Gasteiger partial charge < -0.3 is 10.1 Å². The maximum atomic E-state index is 12.4. The van der Waals surface area contributed by atoms with Crippen LogP contribution in [0.25, 0.3) is 10.9 Å². The highest BCUT2D eigenvalue weighted by Gasteiger charge is 2.44. The van der Waals surface area contributed by atoms with Crippen LogP contribution in [0, 0.1) is 0 Å². The Kier molecular flexibility index (Phi) is 3.81. The number of nitrogens with zero attached hydrogens (tertiary/aromatic N) is 1. The Hall–Kier alpha value is -3.15. The lowest BCUT2D eigenvalue weighted by Gasteiger charge is -2.21. The fourth-order valence-corrected chi connectivity index (χ4v) is 2.99. The molecule has 0 unspecified atom stereocenters. The van der Waals surface area contributed by atoms with Crippen molar-refractivity contribution in [2.45, 2.75) is 19.4 Å². The standard InChI is InChI=1S/C18H16N2O4/c1-3-12-10(2)16(21)20(17(12)22)15(18(23)24)8-11-9-19-14-7-5-4-6-13(11)14/h3-7,9,15,19H,2,8H2,1H3,(H,23,24)/b12-3+/t15-/m0/s1. The number of benzene rings is 1. The molecule has 2 N–H and O–H groups in total. The quantitative estimate of drug-likeness (QED) is 0.665. The summed E-state index contributed by atoms with van der Waals surface area (Å²) in [4.78, 5) is 40.3. The zero-order valence-corrected chi connectivity index (χ0v) is 13.1. The van der Waals surface area contributed by atoms with Crippen molar-refractivity contribution in [3.8, 4) is 0 Å². The van der Waals surface area contributed by atoms with Crippen LogP contribution in [0.15, 0.2) is 54.3 Å². The molecule has 6 nitrogen and oxygen atoms in total. The molecule has 1 aromatic heterocycles. The van der Waals surface area contributed by atoms with Gasteiger partial charge in [0.05, 0.1) is 0 Å². The van der Waals surface area contributed by atoms with Gasteiger partial charge in [-0.1, -0.05) is 30.9 Å². The van der Waals surface area contributed by atoms with Crippen LogP contribution in [0.4, 0.5) is 0 Å². The summed E-state index contributed by atoms with van der Waals surface area (Å²) in [7, 11) is 0. The lowest BCUT2D eigenvalue weighted by molar-refractivity contribution is -0.153. The summed E-state index contributed by atoms with van der Waals surface area (Å²) >= 11 is 0. The smallest absolute Gasteiger partial charge is 0.327 e. The zero-order chi connectivity index (χ0) is 17.4. The third kappa shape index (κ3) is 2.32. The van der Waals surface area contributed by atoms with Crippen LogP contribution in [0.3, 0.4) is 0 Å². The molecule has 2 aromatic rings. The van der Waals surface area contributed by atoms with E-state index >= 15 is 0 Å². The van der Waals surface area contributed by atoms with Gasteiger partial charge in [0.1, 0.15) is 6.04 Å². The number of carbonyl (C=O) groups is 3. The largest absolute Gasteiger partial charge is 0.480 e. The summed E-state index contributed by atoms with van der Waals surface area (Å²) in [6.07, 6.45) is 3.21. The van der Waals surface area contributed by atoms with Gasteiger partial charge in [-0.2, -0.15) is 0 Å². The van der Waals surface area contributed by atoms with Crippen molar-refractivity contribution in [3.05, 3.63) is 59.8 Å². The van der Waals surface area contributed by atoms with Crippen molar-refractivity contribution in [1.29, 1.82) is 0 Å². The summed E-state index contributed by atoms with van der Waals surface area (Å²) in [5, 5.41) is 10.4. The van der Waals surface area contributed by atoms with Crippen LogP contribution in [-0.2, 0) is 20.8 Å². The number of allylic oxidation sites excluding steroid dienone is 1. The number of hydrogen-bond acceptors (Lipinski definition) is 3. The van der Waals surface area contributed by atoms with E-state index in [1.807, 2.05) is 24.3 Å². The highest BCUT2D eigenvalue weighted by Crippen LogP contribution is 2.28. The number of fused-ring (bicyclic) bond motifs is 1. The number of aliphatic carboxylic acids is 1. The lowest BCUT2D eigenvalue weighted by atomic mass is 10.0. The lowest BCUT2D eigenvalue weighted by Crippen LogP contribution is -2.46. The minimum absolute atomic E-state index is 0.0289. The van der Waals surface area contributed by atoms with E-state index in [-0.39, 0.29) is 17.6 Å². The van der Waals surface area contributed by atoms with Gasteiger partial charge in [0, 0.05) is 34.7 Å². The number of imide groups is 1. The number of rotatable bonds is 4. The van der Waals surface area contributed by atoms with Crippen molar-refractivity contribution in [1.82, 2.24) is 9.88 Å². The summed E-state index contributed by atoms with van der Waals surface area (Å²) in [6, 6.07) is 6.18. The molecule has 0 radical (unpaired) electrons. The van der Waals surface area contributed by atoms with E-state index in [2.05, 4.69) is 11.6 Å². The van der Waals surface area contributed by atoms with E-state index in [1.165, 1.54) is 6.08 Å². The number of para-hydroxylation sites is 1. The number of aromatic nitrogens is 1. The summed E-state index contributed by atoms with van der Waals surface area (Å²) in [6.45, 7) is 5.21. The fourth-order valence-electron chi connectivity index (χ4n) is 2.99. The fraction of sp³-hybridized carbons (Fsp3) is 0.167. The molecule has 1 aliphatic rings. The number of carbonyl (C=O) groups excluding carboxylic acids is 2. The highest BCUT2D eigenvalue weighted by molar-refractivity contribution is 6.25. The molecule has 1 aromatic carbocycles. The maximum absolute atomic E-state index is 12.4. The average Bonchev–Trinajstić information content (AvgIpc) is 3.05. The van der Waals surface area contributed by atoms with Crippen LogP contribution in [0.5, 0.6) is 0 Å². The van der Waals surface area contributed by atoms with E-state index in [1.54, 1.807) is 13.1 Å². The van der Waals surface area contributed by atoms with E-state index in [9.17, 15) is 19.5 Å². The first-order chi connectivity index (χ1) is 11.5. The van der Waals surface area contributed by atoms with E-state index in [0.717, 1.165) is 21.4 Å². The van der Waals surface area contributed by atoms with Crippen molar-refractivity contribution in [2.75, 3.05) is 0 Å². The van der Waals surface area contributed by atoms with Crippen molar-refractivity contribution in [2.24, 2.45) is 0 Å². The number of carboxylic acids is 1. The summed E-state index contributed by atoms with van der Waals surface area (Å²) < 4.78 is 0. The second-order valence-corrected chi connectivity index (χ2v) is 5.58.